The van der Waals surface area contributed by atoms with Crippen LogP contribution in [0.1, 0.15) is 52.9 Å². The van der Waals surface area contributed by atoms with Gasteiger partial charge in [0.1, 0.15) is 0 Å². The molecule has 1 fully saturated rings. The van der Waals surface area contributed by atoms with Crippen molar-refractivity contribution < 1.29 is 8.42 Å². The van der Waals surface area contributed by atoms with Gasteiger partial charge in [-0.05, 0) is 46.1 Å². The molecule has 1 aliphatic heterocycles. The van der Waals surface area contributed by atoms with Gasteiger partial charge in [-0.2, -0.15) is 0 Å². The third-order valence-electron chi connectivity index (χ3n) is 3.46. The van der Waals surface area contributed by atoms with Crippen LogP contribution in [0.4, 0.5) is 0 Å². The van der Waals surface area contributed by atoms with Crippen molar-refractivity contribution in [3.05, 3.63) is 0 Å². The normalized spacial score (nSPS) is 22.6. The van der Waals surface area contributed by atoms with Crippen molar-refractivity contribution in [1.82, 2.24) is 10.0 Å². The van der Waals surface area contributed by atoms with Gasteiger partial charge in [-0.25, -0.2) is 13.1 Å². The summed E-state index contributed by atoms with van der Waals surface area (Å²) >= 11 is 0. The Labute approximate surface area is 106 Å². The fraction of sp³-hybridized carbons (Fsp3) is 1.00. The van der Waals surface area contributed by atoms with Gasteiger partial charge in [-0.15, -0.1) is 0 Å². The predicted molar refractivity (Wildman–Crippen MR) is 71.6 cm³/mol. The standard InChI is InChI=1S/C12H26N2O2S/c1-4-12(2,3)14-17(15,16)10-8-11-7-5-6-9-13-11/h11,13-14H,4-10H2,1-3H3. The molecule has 1 heterocycles. The quantitative estimate of drug-likeness (QED) is 0.765. The Balaban J connectivity index is 2.38. The van der Waals surface area contributed by atoms with Crippen molar-refractivity contribution in [2.75, 3.05) is 12.3 Å². The van der Waals surface area contributed by atoms with Crippen LogP contribution >= 0.6 is 0 Å². The van der Waals surface area contributed by atoms with E-state index >= 15 is 0 Å². The maximum Gasteiger partial charge on any atom is 0.212 e. The summed E-state index contributed by atoms with van der Waals surface area (Å²) in [7, 11) is -3.14. The second-order valence-electron chi connectivity index (χ2n) is 5.59. The third kappa shape index (κ3) is 5.84. The van der Waals surface area contributed by atoms with Gasteiger partial charge in [-0.3, -0.25) is 0 Å². The van der Waals surface area contributed by atoms with E-state index in [2.05, 4.69) is 10.0 Å². The summed E-state index contributed by atoms with van der Waals surface area (Å²) in [4.78, 5) is 0. The van der Waals surface area contributed by atoms with Crippen molar-refractivity contribution in [1.29, 1.82) is 0 Å². The van der Waals surface area contributed by atoms with Crippen molar-refractivity contribution in [3.63, 3.8) is 0 Å². The molecule has 0 bridgehead atoms. The lowest BCUT2D eigenvalue weighted by Crippen LogP contribution is -2.45. The van der Waals surface area contributed by atoms with E-state index in [1.54, 1.807) is 0 Å². The predicted octanol–water partition coefficient (Wildman–Crippen LogP) is 1.63. The summed E-state index contributed by atoms with van der Waals surface area (Å²) in [5, 5.41) is 3.38. The van der Waals surface area contributed by atoms with Gasteiger partial charge in [0.25, 0.3) is 0 Å². The smallest absolute Gasteiger partial charge is 0.212 e. The summed E-state index contributed by atoms with van der Waals surface area (Å²) in [6.45, 7) is 6.86. The van der Waals surface area contributed by atoms with Crippen LogP contribution in [0.25, 0.3) is 0 Å². The first-order chi connectivity index (χ1) is 7.85. The third-order valence-corrected chi connectivity index (χ3v) is 5.10. The van der Waals surface area contributed by atoms with Gasteiger partial charge in [0.2, 0.25) is 10.0 Å². The van der Waals surface area contributed by atoms with Crippen LogP contribution < -0.4 is 10.0 Å². The van der Waals surface area contributed by atoms with E-state index in [-0.39, 0.29) is 11.3 Å². The first kappa shape index (κ1) is 14.9. The van der Waals surface area contributed by atoms with Gasteiger partial charge in [-0.1, -0.05) is 13.3 Å². The van der Waals surface area contributed by atoms with Crippen LogP contribution in [0.2, 0.25) is 0 Å². The average Bonchev–Trinajstić information content (AvgIpc) is 2.27. The van der Waals surface area contributed by atoms with E-state index in [0.717, 1.165) is 25.8 Å². The van der Waals surface area contributed by atoms with Crippen LogP contribution in [0, 0.1) is 0 Å². The lowest BCUT2D eigenvalue weighted by Gasteiger charge is -2.26. The molecule has 102 valence electrons. The summed E-state index contributed by atoms with van der Waals surface area (Å²) in [5.74, 6) is 0.230. The number of hydrogen-bond donors (Lipinski definition) is 2. The minimum atomic E-state index is -3.14. The van der Waals surface area contributed by atoms with Crippen LogP contribution in [-0.2, 0) is 10.0 Å². The lowest BCUT2D eigenvalue weighted by atomic mass is 10.0. The van der Waals surface area contributed by atoms with Gasteiger partial charge < -0.3 is 5.32 Å². The Morgan fingerprint density at radius 2 is 2.06 bits per heavy atom. The Morgan fingerprint density at radius 1 is 1.35 bits per heavy atom. The number of piperidine rings is 1. The van der Waals surface area contributed by atoms with Crippen molar-refractivity contribution in [3.8, 4) is 0 Å². The van der Waals surface area contributed by atoms with Crippen molar-refractivity contribution in [2.24, 2.45) is 0 Å². The highest BCUT2D eigenvalue weighted by Crippen LogP contribution is 2.13. The maximum atomic E-state index is 11.9. The number of rotatable bonds is 6. The molecular weight excluding hydrogens is 236 g/mol. The molecule has 17 heavy (non-hydrogen) atoms. The van der Waals surface area contributed by atoms with Crippen LogP contribution in [0.15, 0.2) is 0 Å². The van der Waals surface area contributed by atoms with Crippen molar-refractivity contribution in [2.45, 2.75) is 64.5 Å². The minimum absolute atomic E-state index is 0.230. The zero-order chi connectivity index (χ0) is 12.9. The molecule has 0 radical (unpaired) electrons. The number of sulfonamides is 1. The van der Waals surface area contributed by atoms with Crippen molar-refractivity contribution >= 4 is 10.0 Å². The SMILES string of the molecule is CCC(C)(C)NS(=O)(=O)CCC1CCCCN1. The molecule has 0 spiro atoms. The molecule has 1 unspecified atom stereocenters. The van der Waals surface area contributed by atoms with Gasteiger partial charge in [0.15, 0.2) is 0 Å². The highest BCUT2D eigenvalue weighted by Gasteiger charge is 2.24. The summed E-state index contributed by atoms with van der Waals surface area (Å²) in [5.41, 5.74) is -0.334. The highest BCUT2D eigenvalue weighted by molar-refractivity contribution is 7.89. The number of nitrogens with one attached hydrogen (secondary N) is 2. The fourth-order valence-electron chi connectivity index (χ4n) is 2.01. The molecule has 4 nitrogen and oxygen atoms in total. The second kappa shape index (κ2) is 6.16. The Kier molecular flexibility index (Phi) is 5.41. The molecule has 0 aromatic heterocycles. The van der Waals surface area contributed by atoms with E-state index < -0.39 is 10.0 Å². The zero-order valence-electron chi connectivity index (χ0n) is 11.3. The molecular formula is C12H26N2O2S. The molecule has 0 aromatic rings. The lowest BCUT2D eigenvalue weighted by molar-refractivity contribution is 0.389. The molecule has 1 rings (SSSR count). The molecule has 1 atom stereocenters. The zero-order valence-corrected chi connectivity index (χ0v) is 12.1. The molecule has 0 saturated carbocycles. The van der Waals surface area contributed by atoms with E-state index in [4.69, 9.17) is 0 Å². The monoisotopic (exact) mass is 262 g/mol. The Bertz CT molecular complexity index is 319. The van der Waals surface area contributed by atoms with Crippen LogP contribution in [-0.4, -0.2) is 32.3 Å². The minimum Gasteiger partial charge on any atom is -0.314 e. The number of hydrogen-bond acceptors (Lipinski definition) is 3. The topological polar surface area (TPSA) is 58.2 Å². The van der Waals surface area contributed by atoms with Gasteiger partial charge in [0, 0.05) is 11.6 Å². The Morgan fingerprint density at radius 3 is 2.59 bits per heavy atom. The molecule has 0 aromatic carbocycles. The summed E-state index contributed by atoms with van der Waals surface area (Å²) in [6.07, 6.45) is 5.05. The van der Waals surface area contributed by atoms with Crippen LogP contribution in [0.5, 0.6) is 0 Å². The van der Waals surface area contributed by atoms with Gasteiger partial charge >= 0.3 is 0 Å². The molecule has 0 amide bonds. The average molecular weight is 262 g/mol. The Hall–Kier alpha value is -0.130. The van der Waals surface area contributed by atoms with E-state index in [1.807, 2.05) is 20.8 Å². The molecule has 5 heteroatoms. The van der Waals surface area contributed by atoms with Crippen LogP contribution in [0.3, 0.4) is 0 Å². The summed E-state index contributed by atoms with van der Waals surface area (Å²) in [6, 6.07) is 0.380. The maximum absolute atomic E-state index is 11.9. The molecule has 1 saturated heterocycles. The molecule has 2 N–H and O–H groups in total. The largest absolute Gasteiger partial charge is 0.314 e. The molecule has 0 aliphatic carbocycles. The summed E-state index contributed by atoms with van der Waals surface area (Å²) < 4.78 is 26.6. The van der Waals surface area contributed by atoms with E-state index in [0.29, 0.717) is 6.04 Å². The first-order valence-corrected chi connectivity index (χ1v) is 8.25. The first-order valence-electron chi connectivity index (χ1n) is 6.60. The van der Waals surface area contributed by atoms with Gasteiger partial charge in [0.05, 0.1) is 5.75 Å². The highest BCUT2D eigenvalue weighted by atomic mass is 32.2. The molecule has 1 aliphatic rings. The van der Waals surface area contributed by atoms with E-state index in [1.165, 1.54) is 12.8 Å². The van der Waals surface area contributed by atoms with E-state index in [9.17, 15) is 8.42 Å². The second-order valence-corrected chi connectivity index (χ2v) is 7.44. The fourth-order valence-corrected chi connectivity index (χ4v) is 3.70.